The molecule has 0 aromatic carbocycles. The predicted octanol–water partition coefficient (Wildman–Crippen LogP) is 0.737. The highest BCUT2D eigenvalue weighted by molar-refractivity contribution is 6.99. The van der Waals surface area contributed by atoms with Crippen LogP contribution in [0, 0.1) is 0 Å². The van der Waals surface area contributed by atoms with E-state index in [0.29, 0.717) is 0 Å². The highest BCUT2D eigenvalue weighted by Gasteiger charge is 2.19. The number of nitrogens with two attached hydrogens (primary N) is 1. The van der Waals surface area contributed by atoms with Crippen molar-refractivity contribution in [2.75, 3.05) is 6.61 Å². The molecule has 0 bridgehead atoms. The number of hydrazine groups is 1. The average Bonchev–Trinajstić information content (AvgIpc) is 2.74. The molecule has 6 heteroatoms. The van der Waals surface area contributed by atoms with Crippen LogP contribution in [0.3, 0.4) is 0 Å². The maximum absolute atomic E-state index is 5.49. The van der Waals surface area contributed by atoms with E-state index < -0.39 is 0 Å². The van der Waals surface area contributed by atoms with Crippen LogP contribution in [0.1, 0.15) is 24.6 Å². The molecule has 0 saturated carbocycles. The lowest BCUT2D eigenvalue weighted by Gasteiger charge is -2.20. The van der Waals surface area contributed by atoms with E-state index in [-0.39, 0.29) is 6.04 Å². The molecule has 0 amide bonds. The third-order valence-corrected chi connectivity index (χ3v) is 2.67. The molecule has 0 saturated heterocycles. The van der Waals surface area contributed by atoms with Crippen LogP contribution in [-0.4, -0.2) is 15.4 Å². The van der Waals surface area contributed by atoms with Crippen molar-refractivity contribution >= 4 is 11.7 Å². The van der Waals surface area contributed by atoms with E-state index >= 15 is 0 Å². The number of aromatic nitrogens is 2. The first-order valence-electron chi connectivity index (χ1n) is 4.46. The molecule has 0 aliphatic carbocycles. The van der Waals surface area contributed by atoms with E-state index in [4.69, 9.17) is 10.6 Å². The Morgan fingerprint density at radius 3 is 3.14 bits per heavy atom. The number of ether oxygens (including phenoxy) is 1. The molecule has 0 radical (unpaired) electrons. The second-order valence-electron chi connectivity index (χ2n) is 3.10. The van der Waals surface area contributed by atoms with Crippen molar-refractivity contribution in [1.29, 1.82) is 0 Å². The van der Waals surface area contributed by atoms with E-state index in [1.54, 1.807) is 12.5 Å². The third-order valence-electron chi connectivity index (χ3n) is 2.17. The number of rotatable bonds is 3. The second-order valence-corrected chi connectivity index (χ2v) is 3.66. The number of nitrogens with zero attached hydrogens (tertiary/aromatic N) is 2. The van der Waals surface area contributed by atoms with Gasteiger partial charge in [0.2, 0.25) is 0 Å². The molecule has 3 N–H and O–H groups in total. The zero-order chi connectivity index (χ0) is 9.80. The normalized spacial score (nSPS) is 18.5. The minimum Gasteiger partial charge on any atom is -0.501 e. The van der Waals surface area contributed by atoms with Crippen LogP contribution in [0.4, 0.5) is 0 Å². The maximum Gasteiger partial charge on any atom is 0.0968 e. The van der Waals surface area contributed by atoms with Crippen LogP contribution >= 0.6 is 11.7 Å². The summed E-state index contributed by atoms with van der Waals surface area (Å²) in [4.78, 5) is 0. The van der Waals surface area contributed by atoms with Crippen molar-refractivity contribution in [3.8, 4) is 0 Å². The summed E-state index contributed by atoms with van der Waals surface area (Å²) in [5.74, 6) is 5.49. The Hall–Kier alpha value is -0.980. The summed E-state index contributed by atoms with van der Waals surface area (Å²) >= 11 is 1.18. The molecule has 5 nitrogen and oxygen atoms in total. The van der Waals surface area contributed by atoms with Gasteiger partial charge in [0.05, 0.1) is 42.5 Å². The fourth-order valence-corrected chi connectivity index (χ4v) is 1.93. The van der Waals surface area contributed by atoms with Gasteiger partial charge in [-0.05, 0) is 18.4 Å². The molecule has 14 heavy (non-hydrogen) atoms. The first-order valence-corrected chi connectivity index (χ1v) is 5.19. The molecule has 2 heterocycles. The van der Waals surface area contributed by atoms with Gasteiger partial charge in [-0.25, -0.2) is 5.43 Å². The Morgan fingerprint density at radius 2 is 2.57 bits per heavy atom. The predicted molar refractivity (Wildman–Crippen MR) is 53.2 cm³/mol. The third kappa shape index (κ3) is 1.92. The van der Waals surface area contributed by atoms with Gasteiger partial charge in [-0.2, -0.15) is 8.75 Å². The highest BCUT2D eigenvalue weighted by Crippen LogP contribution is 2.25. The van der Waals surface area contributed by atoms with Crippen molar-refractivity contribution in [2.24, 2.45) is 5.84 Å². The quantitative estimate of drug-likeness (QED) is 0.571. The standard InChI is InChI=1S/C8H12N4OS/c9-11-8(7-4-10-14-12-7)6-2-1-3-13-5-6/h4-5,8,11H,1-3,9H2. The molecular formula is C8H12N4OS. The smallest absolute Gasteiger partial charge is 0.0968 e. The van der Waals surface area contributed by atoms with Crippen LogP contribution < -0.4 is 11.3 Å². The van der Waals surface area contributed by atoms with Crippen molar-refractivity contribution in [1.82, 2.24) is 14.2 Å². The van der Waals surface area contributed by atoms with E-state index in [9.17, 15) is 0 Å². The van der Waals surface area contributed by atoms with Crippen LogP contribution in [0.2, 0.25) is 0 Å². The number of hydrogen-bond acceptors (Lipinski definition) is 6. The Kier molecular flexibility index (Phi) is 3.07. The van der Waals surface area contributed by atoms with Crippen molar-refractivity contribution < 1.29 is 4.74 Å². The largest absolute Gasteiger partial charge is 0.501 e. The molecule has 1 atom stereocenters. The minimum absolute atomic E-state index is 0.0611. The van der Waals surface area contributed by atoms with Gasteiger partial charge in [0, 0.05) is 0 Å². The van der Waals surface area contributed by atoms with Gasteiger partial charge >= 0.3 is 0 Å². The summed E-state index contributed by atoms with van der Waals surface area (Å²) in [5, 5.41) is 0. The number of hydrogen-bond donors (Lipinski definition) is 2. The summed E-state index contributed by atoms with van der Waals surface area (Å²) in [7, 11) is 0. The average molecular weight is 212 g/mol. The first kappa shape index (κ1) is 9.57. The molecule has 0 fully saturated rings. The second kappa shape index (κ2) is 4.50. The molecular weight excluding hydrogens is 200 g/mol. The Labute approximate surface area is 86.3 Å². The highest BCUT2D eigenvalue weighted by atomic mass is 32.1. The monoisotopic (exact) mass is 212 g/mol. The SMILES string of the molecule is NNC(C1=COCCC1)c1cnsn1. The van der Waals surface area contributed by atoms with Gasteiger partial charge in [0.1, 0.15) is 0 Å². The summed E-state index contributed by atoms with van der Waals surface area (Å²) in [6, 6.07) is -0.0611. The number of nitrogens with one attached hydrogen (secondary N) is 1. The fourth-order valence-electron chi connectivity index (χ4n) is 1.48. The van der Waals surface area contributed by atoms with Crippen LogP contribution in [0.15, 0.2) is 18.0 Å². The lowest BCUT2D eigenvalue weighted by Crippen LogP contribution is -2.30. The van der Waals surface area contributed by atoms with E-state index in [1.165, 1.54) is 11.7 Å². The van der Waals surface area contributed by atoms with Gasteiger partial charge in [0.15, 0.2) is 0 Å². The molecule has 1 aromatic heterocycles. The summed E-state index contributed by atoms with van der Waals surface area (Å²) in [6.45, 7) is 0.788. The van der Waals surface area contributed by atoms with Crippen LogP contribution in [0.25, 0.3) is 0 Å². The van der Waals surface area contributed by atoms with Crippen LogP contribution in [-0.2, 0) is 4.74 Å². The van der Waals surface area contributed by atoms with Crippen LogP contribution in [0.5, 0.6) is 0 Å². The van der Waals surface area contributed by atoms with E-state index in [1.807, 2.05) is 0 Å². The molecule has 76 valence electrons. The first-order chi connectivity index (χ1) is 6.92. The van der Waals surface area contributed by atoms with Gasteiger partial charge in [-0.15, -0.1) is 0 Å². The van der Waals surface area contributed by atoms with Gasteiger partial charge < -0.3 is 4.74 Å². The maximum atomic E-state index is 5.49. The van der Waals surface area contributed by atoms with Gasteiger partial charge in [-0.3, -0.25) is 5.84 Å². The molecule has 1 aromatic rings. The van der Waals surface area contributed by atoms with Crippen molar-refractivity contribution in [3.63, 3.8) is 0 Å². The Bertz CT molecular complexity index is 311. The molecule has 1 aliphatic rings. The van der Waals surface area contributed by atoms with Crippen molar-refractivity contribution in [3.05, 3.63) is 23.7 Å². The lowest BCUT2D eigenvalue weighted by molar-refractivity contribution is 0.219. The topological polar surface area (TPSA) is 73.1 Å². The molecule has 2 rings (SSSR count). The Morgan fingerprint density at radius 1 is 1.64 bits per heavy atom. The zero-order valence-electron chi connectivity index (χ0n) is 7.64. The minimum atomic E-state index is -0.0611. The summed E-state index contributed by atoms with van der Waals surface area (Å²) < 4.78 is 13.4. The zero-order valence-corrected chi connectivity index (χ0v) is 8.46. The summed E-state index contributed by atoms with van der Waals surface area (Å²) in [6.07, 6.45) is 5.52. The molecule has 1 aliphatic heterocycles. The summed E-state index contributed by atoms with van der Waals surface area (Å²) in [5.41, 5.74) is 4.72. The fraction of sp³-hybridized carbons (Fsp3) is 0.500. The van der Waals surface area contributed by atoms with Crippen molar-refractivity contribution in [2.45, 2.75) is 18.9 Å². The lowest BCUT2D eigenvalue weighted by atomic mass is 10.0. The Balaban J connectivity index is 2.16. The van der Waals surface area contributed by atoms with E-state index in [0.717, 1.165) is 30.7 Å². The van der Waals surface area contributed by atoms with Gasteiger partial charge in [-0.1, -0.05) is 0 Å². The molecule has 1 unspecified atom stereocenters. The molecule has 0 spiro atoms. The van der Waals surface area contributed by atoms with E-state index in [2.05, 4.69) is 14.2 Å². The van der Waals surface area contributed by atoms with Gasteiger partial charge in [0.25, 0.3) is 0 Å².